The predicted octanol–water partition coefficient (Wildman–Crippen LogP) is 2.68. The number of hydrogen-bond acceptors (Lipinski definition) is 4. The molecule has 0 saturated carbocycles. The number of carbonyl (C=O) groups excluding carboxylic acids is 1. The molecule has 140 valence electrons. The maximum absolute atomic E-state index is 12.8. The van der Waals surface area contributed by atoms with Gasteiger partial charge in [0, 0.05) is 32.7 Å². The van der Waals surface area contributed by atoms with Crippen LogP contribution >= 0.6 is 0 Å². The van der Waals surface area contributed by atoms with Gasteiger partial charge in [0.1, 0.15) is 6.61 Å². The number of fused-ring (bicyclic) bond motifs is 1. The molecule has 5 heteroatoms. The SMILES string of the molecule is O=C(C1COc2ccccc2O1)N1CCN(C/C=C/c2ccccc2)CC1. The highest BCUT2D eigenvalue weighted by atomic mass is 16.6. The maximum atomic E-state index is 12.8. The number of para-hydroxylation sites is 2. The molecular formula is C22H24N2O3. The molecule has 0 aliphatic carbocycles. The number of amides is 1. The van der Waals surface area contributed by atoms with Crippen molar-refractivity contribution in [3.8, 4) is 11.5 Å². The van der Waals surface area contributed by atoms with E-state index in [0.717, 1.165) is 32.7 Å². The highest BCUT2D eigenvalue weighted by Crippen LogP contribution is 2.31. The summed E-state index contributed by atoms with van der Waals surface area (Å²) in [7, 11) is 0. The molecule has 0 spiro atoms. The Hall–Kier alpha value is -2.79. The molecule has 0 aromatic heterocycles. The number of nitrogens with zero attached hydrogens (tertiary/aromatic N) is 2. The number of carbonyl (C=O) groups is 1. The van der Waals surface area contributed by atoms with E-state index in [-0.39, 0.29) is 12.5 Å². The zero-order chi connectivity index (χ0) is 18.5. The fourth-order valence-electron chi connectivity index (χ4n) is 3.40. The van der Waals surface area contributed by atoms with E-state index in [4.69, 9.17) is 9.47 Å². The summed E-state index contributed by atoms with van der Waals surface area (Å²) >= 11 is 0. The number of ether oxygens (including phenoxy) is 2. The van der Waals surface area contributed by atoms with E-state index < -0.39 is 6.10 Å². The van der Waals surface area contributed by atoms with E-state index >= 15 is 0 Å². The van der Waals surface area contributed by atoms with Gasteiger partial charge in [-0.15, -0.1) is 0 Å². The lowest BCUT2D eigenvalue weighted by atomic mass is 10.2. The number of benzene rings is 2. The van der Waals surface area contributed by atoms with Crippen LogP contribution in [-0.4, -0.2) is 61.1 Å². The summed E-state index contributed by atoms with van der Waals surface area (Å²) in [5, 5.41) is 0. The van der Waals surface area contributed by atoms with Crippen LogP contribution in [0.5, 0.6) is 11.5 Å². The zero-order valence-electron chi connectivity index (χ0n) is 15.3. The largest absolute Gasteiger partial charge is 0.485 e. The van der Waals surface area contributed by atoms with Crippen LogP contribution in [0.3, 0.4) is 0 Å². The third-order valence-corrected chi connectivity index (χ3v) is 4.94. The Morgan fingerprint density at radius 1 is 0.963 bits per heavy atom. The number of hydrogen-bond donors (Lipinski definition) is 0. The van der Waals surface area contributed by atoms with E-state index in [1.54, 1.807) is 0 Å². The smallest absolute Gasteiger partial charge is 0.267 e. The average molecular weight is 364 g/mol. The van der Waals surface area contributed by atoms with Gasteiger partial charge in [-0.2, -0.15) is 0 Å². The van der Waals surface area contributed by atoms with Gasteiger partial charge in [0.25, 0.3) is 5.91 Å². The predicted molar refractivity (Wildman–Crippen MR) is 105 cm³/mol. The van der Waals surface area contributed by atoms with Gasteiger partial charge in [-0.25, -0.2) is 0 Å². The molecule has 4 rings (SSSR count). The Labute approximate surface area is 159 Å². The summed E-state index contributed by atoms with van der Waals surface area (Å²) in [5.74, 6) is 1.37. The van der Waals surface area contributed by atoms with E-state index in [9.17, 15) is 4.79 Å². The summed E-state index contributed by atoms with van der Waals surface area (Å²) in [6.07, 6.45) is 3.77. The van der Waals surface area contributed by atoms with Crippen LogP contribution in [-0.2, 0) is 4.79 Å². The van der Waals surface area contributed by atoms with Crippen LogP contribution < -0.4 is 9.47 Å². The van der Waals surface area contributed by atoms with Gasteiger partial charge in [-0.3, -0.25) is 9.69 Å². The van der Waals surface area contributed by atoms with Crippen molar-refractivity contribution in [2.75, 3.05) is 39.3 Å². The first-order valence-corrected chi connectivity index (χ1v) is 9.41. The Morgan fingerprint density at radius 3 is 2.44 bits per heavy atom. The Kier molecular flexibility index (Phi) is 5.39. The summed E-state index contributed by atoms with van der Waals surface area (Å²) in [6, 6.07) is 17.8. The van der Waals surface area contributed by atoms with Gasteiger partial charge in [-0.1, -0.05) is 54.6 Å². The first-order chi connectivity index (χ1) is 13.3. The van der Waals surface area contributed by atoms with Crippen molar-refractivity contribution in [2.45, 2.75) is 6.10 Å². The summed E-state index contributed by atoms with van der Waals surface area (Å²) in [4.78, 5) is 17.0. The second-order valence-corrected chi connectivity index (χ2v) is 6.80. The molecule has 1 amide bonds. The minimum Gasteiger partial charge on any atom is -0.485 e. The van der Waals surface area contributed by atoms with Crippen molar-refractivity contribution >= 4 is 12.0 Å². The molecule has 27 heavy (non-hydrogen) atoms. The quantitative estimate of drug-likeness (QED) is 0.837. The molecule has 0 bridgehead atoms. The Morgan fingerprint density at radius 2 is 1.67 bits per heavy atom. The molecule has 1 atom stereocenters. The normalized spacial score (nSPS) is 20.0. The lowest BCUT2D eigenvalue weighted by Crippen LogP contribution is -2.54. The summed E-state index contributed by atoms with van der Waals surface area (Å²) in [5.41, 5.74) is 1.21. The summed E-state index contributed by atoms with van der Waals surface area (Å²) in [6.45, 7) is 4.35. The maximum Gasteiger partial charge on any atom is 0.267 e. The minimum absolute atomic E-state index is 0.0176. The fraction of sp³-hybridized carbons (Fsp3) is 0.318. The zero-order valence-corrected chi connectivity index (χ0v) is 15.3. The van der Waals surface area contributed by atoms with E-state index in [1.165, 1.54) is 5.56 Å². The van der Waals surface area contributed by atoms with Gasteiger partial charge in [0.05, 0.1) is 0 Å². The topological polar surface area (TPSA) is 42.0 Å². The van der Waals surface area contributed by atoms with Crippen molar-refractivity contribution in [3.63, 3.8) is 0 Å². The molecule has 2 aliphatic rings. The van der Waals surface area contributed by atoms with Crippen LogP contribution in [0.15, 0.2) is 60.7 Å². The van der Waals surface area contributed by atoms with Gasteiger partial charge in [0.2, 0.25) is 6.10 Å². The van der Waals surface area contributed by atoms with Crippen molar-refractivity contribution in [1.29, 1.82) is 0 Å². The van der Waals surface area contributed by atoms with Gasteiger partial charge < -0.3 is 14.4 Å². The lowest BCUT2D eigenvalue weighted by Gasteiger charge is -2.36. The second-order valence-electron chi connectivity index (χ2n) is 6.80. The fourth-order valence-corrected chi connectivity index (χ4v) is 3.40. The molecule has 1 unspecified atom stereocenters. The van der Waals surface area contributed by atoms with Crippen LogP contribution in [0.4, 0.5) is 0 Å². The number of piperazine rings is 1. The van der Waals surface area contributed by atoms with E-state index in [2.05, 4.69) is 29.2 Å². The van der Waals surface area contributed by atoms with E-state index in [1.807, 2.05) is 47.4 Å². The average Bonchev–Trinajstić information content (AvgIpc) is 2.74. The van der Waals surface area contributed by atoms with Crippen LogP contribution in [0.1, 0.15) is 5.56 Å². The minimum atomic E-state index is -0.551. The monoisotopic (exact) mass is 364 g/mol. The first-order valence-electron chi connectivity index (χ1n) is 9.41. The van der Waals surface area contributed by atoms with Crippen LogP contribution in [0.25, 0.3) is 6.08 Å². The number of rotatable bonds is 4. The van der Waals surface area contributed by atoms with Crippen molar-refractivity contribution in [2.24, 2.45) is 0 Å². The molecule has 2 aromatic rings. The molecule has 2 heterocycles. The molecule has 5 nitrogen and oxygen atoms in total. The van der Waals surface area contributed by atoms with Gasteiger partial charge >= 0.3 is 0 Å². The Bertz CT molecular complexity index is 798. The van der Waals surface area contributed by atoms with E-state index in [0.29, 0.717) is 11.5 Å². The third-order valence-electron chi connectivity index (χ3n) is 4.94. The molecule has 1 saturated heterocycles. The van der Waals surface area contributed by atoms with Gasteiger partial charge in [0.15, 0.2) is 11.5 Å². The third kappa shape index (κ3) is 4.31. The molecule has 1 fully saturated rings. The second kappa shape index (κ2) is 8.27. The molecule has 0 radical (unpaired) electrons. The van der Waals surface area contributed by atoms with Crippen LogP contribution in [0, 0.1) is 0 Å². The molecule has 2 aliphatic heterocycles. The summed E-state index contributed by atoms with van der Waals surface area (Å²) < 4.78 is 11.5. The lowest BCUT2D eigenvalue weighted by molar-refractivity contribution is -0.142. The molecular weight excluding hydrogens is 340 g/mol. The first kappa shape index (κ1) is 17.6. The van der Waals surface area contributed by atoms with Crippen molar-refractivity contribution in [1.82, 2.24) is 9.80 Å². The highest BCUT2D eigenvalue weighted by molar-refractivity contribution is 5.82. The van der Waals surface area contributed by atoms with Crippen molar-refractivity contribution in [3.05, 3.63) is 66.2 Å². The molecule has 0 N–H and O–H groups in total. The van der Waals surface area contributed by atoms with Gasteiger partial charge in [-0.05, 0) is 17.7 Å². The Balaban J connectivity index is 1.25. The molecule has 2 aromatic carbocycles. The highest BCUT2D eigenvalue weighted by Gasteiger charge is 2.32. The van der Waals surface area contributed by atoms with Crippen LogP contribution in [0.2, 0.25) is 0 Å². The van der Waals surface area contributed by atoms with Crippen molar-refractivity contribution < 1.29 is 14.3 Å². The standard InChI is InChI=1S/C22H24N2O3/c25-22(21-17-26-19-10-4-5-11-20(19)27-21)24-15-13-23(14-16-24)12-6-9-18-7-2-1-3-8-18/h1-11,21H,12-17H2/b9-6+.